The number of aliphatic hydroxyl groups excluding tert-OH is 1. The van der Waals surface area contributed by atoms with Crippen LogP contribution in [-0.4, -0.2) is 17.4 Å². The molecule has 0 heterocycles. The molecule has 1 aromatic carbocycles. The van der Waals surface area contributed by atoms with Gasteiger partial charge in [-0.15, -0.1) is 0 Å². The van der Waals surface area contributed by atoms with E-state index in [-0.39, 0.29) is 0 Å². The number of rotatable bonds is 2. The normalized spacial score (nSPS) is 15.9. The number of nitrogens with two attached hydrogens (primary N) is 1. The first kappa shape index (κ1) is 12.9. The number of halogens is 5. The summed E-state index contributed by atoms with van der Waals surface area (Å²) in [6, 6.07) is 0.580. The van der Waals surface area contributed by atoms with Gasteiger partial charge in [-0.05, 0) is 6.07 Å². The van der Waals surface area contributed by atoms with E-state index in [0.29, 0.717) is 0 Å². The second-order valence-electron chi connectivity index (χ2n) is 3.16. The number of alkyl halides is 3. The van der Waals surface area contributed by atoms with Gasteiger partial charge in [0.15, 0.2) is 17.7 Å². The minimum atomic E-state index is -4.99. The van der Waals surface area contributed by atoms with E-state index >= 15 is 0 Å². The average molecular weight is 241 g/mol. The topological polar surface area (TPSA) is 46.2 Å². The van der Waals surface area contributed by atoms with Crippen LogP contribution in [0.15, 0.2) is 18.2 Å². The molecule has 2 atom stereocenters. The van der Waals surface area contributed by atoms with Gasteiger partial charge in [-0.1, -0.05) is 12.1 Å². The Kier molecular flexibility index (Phi) is 3.49. The van der Waals surface area contributed by atoms with E-state index in [1.807, 2.05) is 0 Å². The van der Waals surface area contributed by atoms with Crippen LogP contribution in [0.1, 0.15) is 11.6 Å². The van der Waals surface area contributed by atoms with E-state index in [1.54, 1.807) is 0 Å². The zero-order valence-electron chi connectivity index (χ0n) is 7.80. The summed E-state index contributed by atoms with van der Waals surface area (Å²) < 4.78 is 62.0. The minimum absolute atomic E-state index is 0.718. The molecule has 7 heteroatoms. The molecule has 2 nitrogen and oxygen atoms in total. The Morgan fingerprint density at radius 1 is 1.19 bits per heavy atom. The fourth-order valence-corrected chi connectivity index (χ4v) is 1.15. The summed E-state index contributed by atoms with van der Waals surface area (Å²) in [6.45, 7) is 0. The third-order valence-electron chi connectivity index (χ3n) is 2.02. The third kappa shape index (κ3) is 2.48. The van der Waals surface area contributed by atoms with Crippen molar-refractivity contribution >= 4 is 0 Å². The first-order valence-electron chi connectivity index (χ1n) is 4.19. The molecule has 1 rings (SSSR count). The Bertz CT molecular complexity index is 379. The molecule has 1 aromatic rings. The van der Waals surface area contributed by atoms with Crippen LogP contribution in [0.2, 0.25) is 0 Å². The van der Waals surface area contributed by atoms with Crippen LogP contribution >= 0.6 is 0 Å². The summed E-state index contributed by atoms with van der Waals surface area (Å²) in [4.78, 5) is 0. The lowest BCUT2D eigenvalue weighted by Crippen LogP contribution is -2.39. The van der Waals surface area contributed by atoms with E-state index in [4.69, 9.17) is 10.8 Å². The van der Waals surface area contributed by atoms with Crippen LogP contribution in [-0.2, 0) is 0 Å². The van der Waals surface area contributed by atoms with Gasteiger partial charge in [0.05, 0.1) is 6.04 Å². The maximum absolute atomic E-state index is 13.1. The first-order valence-corrected chi connectivity index (χ1v) is 4.19. The lowest BCUT2D eigenvalue weighted by molar-refractivity contribution is -0.210. The molecule has 0 amide bonds. The molecule has 0 aliphatic heterocycles. The molecular formula is C9H8F5NO. The molecule has 0 saturated carbocycles. The second kappa shape index (κ2) is 4.34. The minimum Gasteiger partial charge on any atom is -0.382 e. The molecule has 0 spiro atoms. The van der Waals surface area contributed by atoms with Crippen molar-refractivity contribution in [3.8, 4) is 0 Å². The quantitative estimate of drug-likeness (QED) is 0.776. The lowest BCUT2D eigenvalue weighted by atomic mass is 10.0. The van der Waals surface area contributed by atoms with E-state index < -0.39 is 35.5 Å². The number of hydrogen-bond donors (Lipinski definition) is 2. The summed E-state index contributed by atoms with van der Waals surface area (Å²) in [6.07, 6.45) is -7.93. The number of hydrogen-bond acceptors (Lipinski definition) is 2. The van der Waals surface area contributed by atoms with Crippen molar-refractivity contribution in [2.75, 3.05) is 0 Å². The van der Waals surface area contributed by atoms with Crippen molar-refractivity contribution in [3.05, 3.63) is 35.4 Å². The number of aliphatic hydroxyl groups is 1. The van der Waals surface area contributed by atoms with Gasteiger partial charge in [-0.2, -0.15) is 13.2 Å². The van der Waals surface area contributed by atoms with Crippen LogP contribution in [0.25, 0.3) is 0 Å². The second-order valence-corrected chi connectivity index (χ2v) is 3.16. The fraction of sp³-hybridized carbons (Fsp3) is 0.333. The SMILES string of the molecule is N[C@H](c1cccc(F)c1F)[C@@H](O)C(F)(F)F. The Morgan fingerprint density at radius 3 is 2.25 bits per heavy atom. The maximum atomic E-state index is 13.1. The molecule has 3 N–H and O–H groups in total. The summed E-state index contributed by atoms with van der Waals surface area (Å²) in [5.41, 5.74) is 4.30. The van der Waals surface area contributed by atoms with Gasteiger partial charge in [-0.25, -0.2) is 8.78 Å². The van der Waals surface area contributed by atoms with Crippen molar-refractivity contribution in [1.29, 1.82) is 0 Å². The summed E-state index contributed by atoms with van der Waals surface area (Å²) in [5, 5.41) is 8.78. The molecule has 0 unspecified atom stereocenters. The predicted molar refractivity (Wildman–Crippen MR) is 45.3 cm³/mol. The Hall–Kier alpha value is -1.21. The van der Waals surface area contributed by atoms with Crippen LogP contribution in [0.3, 0.4) is 0 Å². The van der Waals surface area contributed by atoms with E-state index in [2.05, 4.69) is 0 Å². The molecule has 90 valence electrons. The molecule has 0 saturated heterocycles. The van der Waals surface area contributed by atoms with Crippen molar-refractivity contribution in [2.45, 2.75) is 18.3 Å². The standard InChI is InChI=1S/C9H8F5NO/c10-5-3-1-2-4(6(5)11)7(15)8(16)9(12,13)14/h1-3,7-8,16H,15H2/t7-,8-/m1/s1. The highest BCUT2D eigenvalue weighted by Crippen LogP contribution is 2.30. The van der Waals surface area contributed by atoms with Gasteiger partial charge >= 0.3 is 6.18 Å². The number of benzene rings is 1. The average Bonchev–Trinajstić information content (AvgIpc) is 2.18. The predicted octanol–water partition coefficient (Wildman–Crippen LogP) is 1.89. The van der Waals surface area contributed by atoms with Crippen LogP contribution in [0, 0.1) is 11.6 Å². The van der Waals surface area contributed by atoms with Gasteiger partial charge in [-0.3, -0.25) is 0 Å². The summed E-state index contributed by atoms with van der Waals surface area (Å²) in [7, 11) is 0. The summed E-state index contributed by atoms with van der Waals surface area (Å²) >= 11 is 0. The molecule has 0 aromatic heterocycles. The van der Waals surface area contributed by atoms with Crippen molar-refractivity contribution < 1.29 is 27.1 Å². The molecule has 0 fully saturated rings. The lowest BCUT2D eigenvalue weighted by Gasteiger charge is -2.21. The maximum Gasteiger partial charge on any atom is 0.416 e. The van der Waals surface area contributed by atoms with Crippen LogP contribution in [0.5, 0.6) is 0 Å². The van der Waals surface area contributed by atoms with E-state index in [0.717, 1.165) is 18.2 Å². The molecule has 0 aliphatic rings. The van der Waals surface area contributed by atoms with Crippen molar-refractivity contribution in [2.24, 2.45) is 5.73 Å². The third-order valence-corrected chi connectivity index (χ3v) is 2.02. The van der Waals surface area contributed by atoms with Gasteiger partial charge in [0, 0.05) is 5.56 Å². The van der Waals surface area contributed by atoms with E-state index in [9.17, 15) is 22.0 Å². The molecule has 0 bridgehead atoms. The smallest absolute Gasteiger partial charge is 0.382 e. The fourth-order valence-electron chi connectivity index (χ4n) is 1.15. The van der Waals surface area contributed by atoms with Crippen molar-refractivity contribution in [3.63, 3.8) is 0 Å². The highest BCUT2D eigenvalue weighted by Gasteiger charge is 2.43. The van der Waals surface area contributed by atoms with Gasteiger partial charge in [0.1, 0.15) is 0 Å². The molecular weight excluding hydrogens is 233 g/mol. The van der Waals surface area contributed by atoms with Gasteiger partial charge in [0.2, 0.25) is 0 Å². The zero-order chi connectivity index (χ0) is 12.5. The van der Waals surface area contributed by atoms with Gasteiger partial charge < -0.3 is 10.8 Å². The van der Waals surface area contributed by atoms with E-state index in [1.165, 1.54) is 0 Å². The highest BCUT2D eigenvalue weighted by atomic mass is 19.4. The molecule has 0 aliphatic carbocycles. The monoisotopic (exact) mass is 241 g/mol. The highest BCUT2D eigenvalue weighted by molar-refractivity contribution is 5.23. The largest absolute Gasteiger partial charge is 0.416 e. The van der Waals surface area contributed by atoms with Gasteiger partial charge in [0.25, 0.3) is 0 Å². The Morgan fingerprint density at radius 2 is 1.75 bits per heavy atom. The molecule has 16 heavy (non-hydrogen) atoms. The Balaban J connectivity index is 3.06. The Labute approximate surface area is 87.5 Å². The van der Waals surface area contributed by atoms with Crippen molar-refractivity contribution in [1.82, 2.24) is 0 Å². The first-order chi connectivity index (χ1) is 7.25. The summed E-state index contributed by atoms with van der Waals surface area (Å²) in [5.74, 6) is -2.80. The van der Waals surface area contributed by atoms with Crippen LogP contribution < -0.4 is 5.73 Å². The van der Waals surface area contributed by atoms with Crippen LogP contribution in [0.4, 0.5) is 22.0 Å². The zero-order valence-corrected chi connectivity index (χ0v) is 7.80. The molecule has 0 radical (unpaired) electrons.